The molecule has 3 nitrogen and oxygen atoms in total. The van der Waals surface area contributed by atoms with Crippen LogP contribution < -0.4 is 5.32 Å². The Balaban J connectivity index is 1.62. The second kappa shape index (κ2) is 4.87. The van der Waals surface area contributed by atoms with Crippen LogP contribution in [0, 0.1) is 17.8 Å². The highest BCUT2D eigenvalue weighted by Crippen LogP contribution is 2.38. The summed E-state index contributed by atoms with van der Waals surface area (Å²) < 4.78 is 0. The molecule has 1 aromatic rings. The van der Waals surface area contributed by atoms with Gasteiger partial charge in [0, 0.05) is 25.8 Å². The van der Waals surface area contributed by atoms with Gasteiger partial charge in [-0.3, -0.25) is 4.79 Å². The Morgan fingerprint density at radius 3 is 2.89 bits per heavy atom. The van der Waals surface area contributed by atoms with Crippen LogP contribution in [0.5, 0.6) is 0 Å². The number of anilines is 1. The van der Waals surface area contributed by atoms with E-state index in [4.69, 9.17) is 0 Å². The van der Waals surface area contributed by atoms with E-state index in [1.54, 1.807) is 0 Å². The molecule has 1 amide bonds. The Labute approximate surface area is 115 Å². The van der Waals surface area contributed by atoms with Gasteiger partial charge in [0.2, 0.25) is 5.91 Å². The minimum Gasteiger partial charge on any atom is -0.384 e. The number of hydrogen-bond donors (Lipinski definition) is 1. The summed E-state index contributed by atoms with van der Waals surface area (Å²) in [6.45, 7) is 3.96. The molecule has 0 bridgehead atoms. The maximum Gasteiger partial charge on any atom is 0.227 e. The van der Waals surface area contributed by atoms with Crippen molar-refractivity contribution >= 4 is 11.6 Å². The molecule has 1 saturated carbocycles. The zero-order valence-electron chi connectivity index (χ0n) is 11.7. The lowest BCUT2D eigenvalue weighted by Crippen LogP contribution is -2.40. The van der Waals surface area contributed by atoms with E-state index in [9.17, 15) is 4.79 Å². The van der Waals surface area contributed by atoms with Crippen molar-refractivity contribution in [1.82, 2.24) is 4.90 Å². The topological polar surface area (TPSA) is 32.3 Å². The molecule has 2 aliphatic rings. The Bertz CT molecular complexity index is 485. The summed E-state index contributed by atoms with van der Waals surface area (Å²) >= 11 is 0. The zero-order chi connectivity index (χ0) is 13.4. The van der Waals surface area contributed by atoms with Crippen molar-refractivity contribution < 1.29 is 4.79 Å². The molecule has 1 aromatic carbocycles. The SMILES string of the molecule is CC1CC1CN(C)C(=O)C1CNc2ccccc2C1. The van der Waals surface area contributed by atoms with Crippen molar-refractivity contribution in [1.29, 1.82) is 0 Å². The third-order valence-electron chi connectivity index (χ3n) is 4.53. The van der Waals surface area contributed by atoms with Gasteiger partial charge >= 0.3 is 0 Å². The smallest absolute Gasteiger partial charge is 0.227 e. The van der Waals surface area contributed by atoms with Crippen molar-refractivity contribution in [3.63, 3.8) is 0 Å². The highest BCUT2D eigenvalue weighted by Gasteiger charge is 2.35. The first-order valence-electron chi connectivity index (χ1n) is 7.22. The van der Waals surface area contributed by atoms with Crippen molar-refractivity contribution in [2.75, 3.05) is 25.5 Å². The van der Waals surface area contributed by atoms with E-state index >= 15 is 0 Å². The van der Waals surface area contributed by atoms with Gasteiger partial charge in [-0.15, -0.1) is 0 Å². The van der Waals surface area contributed by atoms with E-state index in [1.807, 2.05) is 24.1 Å². The first-order chi connectivity index (χ1) is 9.15. The minimum absolute atomic E-state index is 0.0916. The van der Waals surface area contributed by atoms with Gasteiger partial charge in [-0.1, -0.05) is 25.1 Å². The number of rotatable bonds is 3. The van der Waals surface area contributed by atoms with E-state index in [2.05, 4.69) is 24.4 Å². The molecule has 102 valence electrons. The van der Waals surface area contributed by atoms with E-state index < -0.39 is 0 Å². The van der Waals surface area contributed by atoms with Gasteiger partial charge in [-0.2, -0.15) is 0 Å². The van der Waals surface area contributed by atoms with Crippen LogP contribution in [-0.2, 0) is 11.2 Å². The van der Waals surface area contributed by atoms with Crippen LogP contribution in [0.3, 0.4) is 0 Å². The van der Waals surface area contributed by atoms with Crippen LogP contribution in [0.2, 0.25) is 0 Å². The van der Waals surface area contributed by atoms with Gasteiger partial charge in [0.05, 0.1) is 5.92 Å². The van der Waals surface area contributed by atoms with Gasteiger partial charge in [-0.05, 0) is 36.3 Å². The summed E-state index contributed by atoms with van der Waals surface area (Å²) in [5.74, 6) is 1.92. The molecule has 0 radical (unpaired) electrons. The van der Waals surface area contributed by atoms with Crippen LogP contribution in [0.25, 0.3) is 0 Å². The Morgan fingerprint density at radius 1 is 1.42 bits per heavy atom. The summed E-state index contributed by atoms with van der Waals surface area (Å²) in [5, 5.41) is 3.38. The Hall–Kier alpha value is -1.51. The van der Waals surface area contributed by atoms with Crippen molar-refractivity contribution in [3.05, 3.63) is 29.8 Å². The number of carbonyl (C=O) groups is 1. The third kappa shape index (κ3) is 2.60. The predicted octanol–water partition coefficient (Wildman–Crippen LogP) is 2.39. The van der Waals surface area contributed by atoms with Crippen molar-refractivity contribution in [3.8, 4) is 0 Å². The molecular formula is C16H22N2O. The molecule has 0 saturated heterocycles. The number of fused-ring (bicyclic) bond motifs is 1. The average Bonchev–Trinajstić information content (AvgIpc) is 3.12. The quantitative estimate of drug-likeness (QED) is 0.903. The van der Waals surface area contributed by atoms with Crippen molar-refractivity contribution in [2.24, 2.45) is 17.8 Å². The first-order valence-corrected chi connectivity index (χ1v) is 7.22. The molecule has 1 aliphatic heterocycles. The summed E-state index contributed by atoms with van der Waals surface area (Å²) in [6, 6.07) is 8.29. The molecule has 0 aromatic heterocycles. The number of amides is 1. The molecule has 3 rings (SSSR count). The maximum atomic E-state index is 12.5. The van der Waals surface area contributed by atoms with Gasteiger partial charge < -0.3 is 10.2 Å². The Morgan fingerprint density at radius 2 is 2.16 bits per heavy atom. The molecule has 19 heavy (non-hydrogen) atoms. The summed E-state index contributed by atoms with van der Waals surface area (Å²) in [4.78, 5) is 14.4. The van der Waals surface area contributed by atoms with E-state index in [0.29, 0.717) is 5.91 Å². The number of hydrogen-bond acceptors (Lipinski definition) is 2. The van der Waals surface area contributed by atoms with E-state index in [1.165, 1.54) is 17.7 Å². The minimum atomic E-state index is 0.0916. The molecule has 1 N–H and O–H groups in total. The number of para-hydroxylation sites is 1. The molecule has 3 heteroatoms. The lowest BCUT2D eigenvalue weighted by atomic mass is 9.93. The molecule has 1 heterocycles. The van der Waals surface area contributed by atoms with Crippen LogP contribution in [0.1, 0.15) is 18.9 Å². The second-order valence-corrected chi connectivity index (χ2v) is 6.13. The lowest BCUT2D eigenvalue weighted by Gasteiger charge is -2.29. The van der Waals surface area contributed by atoms with Crippen LogP contribution in [0.4, 0.5) is 5.69 Å². The molecule has 1 fully saturated rings. The fraction of sp³-hybridized carbons (Fsp3) is 0.562. The molecule has 1 aliphatic carbocycles. The predicted molar refractivity (Wildman–Crippen MR) is 77.0 cm³/mol. The number of nitrogens with one attached hydrogen (secondary N) is 1. The van der Waals surface area contributed by atoms with Crippen LogP contribution in [-0.4, -0.2) is 30.9 Å². The van der Waals surface area contributed by atoms with Crippen LogP contribution in [0.15, 0.2) is 24.3 Å². The summed E-state index contributed by atoms with van der Waals surface area (Å²) in [6.07, 6.45) is 2.15. The summed E-state index contributed by atoms with van der Waals surface area (Å²) in [7, 11) is 1.95. The number of nitrogens with zero attached hydrogens (tertiary/aromatic N) is 1. The van der Waals surface area contributed by atoms with E-state index in [-0.39, 0.29) is 5.92 Å². The van der Waals surface area contributed by atoms with Crippen molar-refractivity contribution in [2.45, 2.75) is 19.8 Å². The van der Waals surface area contributed by atoms with Gasteiger partial charge in [-0.25, -0.2) is 0 Å². The summed E-state index contributed by atoms with van der Waals surface area (Å²) in [5.41, 5.74) is 2.45. The van der Waals surface area contributed by atoms with Crippen LogP contribution >= 0.6 is 0 Å². The fourth-order valence-corrected chi connectivity index (χ4v) is 3.02. The molecular weight excluding hydrogens is 236 g/mol. The standard InChI is InChI=1S/C16H22N2O/c1-11-7-14(11)10-18(2)16(19)13-8-12-5-3-4-6-15(12)17-9-13/h3-6,11,13-14,17H,7-10H2,1-2H3. The normalized spacial score (nSPS) is 28.2. The fourth-order valence-electron chi connectivity index (χ4n) is 3.02. The van der Waals surface area contributed by atoms with Gasteiger partial charge in [0.25, 0.3) is 0 Å². The highest BCUT2D eigenvalue weighted by atomic mass is 16.2. The van der Waals surface area contributed by atoms with E-state index in [0.717, 1.165) is 31.3 Å². The molecule has 0 spiro atoms. The zero-order valence-corrected chi connectivity index (χ0v) is 11.7. The monoisotopic (exact) mass is 258 g/mol. The maximum absolute atomic E-state index is 12.5. The molecule has 3 atom stereocenters. The lowest BCUT2D eigenvalue weighted by molar-refractivity contribution is -0.134. The highest BCUT2D eigenvalue weighted by molar-refractivity contribution is 5.80. The molecule has 3 unspecified atom stereocenters. The number of benzene rings is 1. The van der Waals surface area contributed by atoms with Gasteiger partial charge in [0.15, 0.2) is 0 Å². The third-order valence-corrected chi connectivity index (χ3v) is 4.53. The average molecular weight is 258 g/mol. The first kappa shape index (κ1) is 12.5. The number of carbonyl (C=O) groups excluding carboxylic acids is 1. The Kier molecular flexibility index (Phi) is 3.21. The van der Waals surface area contributed by atoms with Gasteiger partial charge in [0.1, 0.15) is 0 Å². The second-order valence-electron chi connectivity index (χ2n) is 6.13. The largest absolute Gasteiger partial charge is 0.384 e.